The Morgan fingerprint density at radius 1 is 0.714 bits per heavy atom. The third-order valence-corrected chi connectivity index (χ3v) is 8.38. The highest BCUT2D eigenvalue weighted by Crippen LogP contribution is 2.26. The van der Waals surface area contributed by atoms with Gasteiger partial charge in [0.25, 0.3) is 0 Å². The van der Waals surface area contributed by atoms with Crippen LogP contribution >= 0.6 is 11.8 Å². The zero-order valence-corrected chi connectivity index (χ0v) is 22.9. The van der Waals surface area contributed by atoms with Crippen molar-refractivity contribution >= 4 is 34.5 Å². The van der Waals surface area contributed by atoms with Gasteiger partial charge in [-0.1, -0.05) is 60.7 Å². The second-order valence-electron chi connectivity index (χ2n) is 9.85. The molecule has 0 aliphatic carbocycles. The van der Waals surface area contributed by atoms with Gasteiger partial charge in [-0.2, -0.15) is 11.8 Å². The first-order valence-electron chi connectivity index (χ1n) is 12.0. The molecule has 2 aromatic carbocycles. The zero-order valence-electron chi connectivity index (χ0n) is 21.3. The number of ether oxygens (including phenoxy) is 2. The Hall–Kier alpha value is -2.12. The summed E-state index contributed by atoms with van der Waals surface area (Å²) in [5.74, 6) is 2.10. The van der Waals surface area contributed by atoms with Crippen molar-refractivity contribution in [2.75, 3.05) is 23.0 Å². The first-order valence-corrected chi connectivity index (χ1v) is 14.6. The van der Waals surface area contributed by atoms with Gasteiger partial charge in [0, 0.05) is 28.1 Å². The minimum Gasteiger partial charge on any atom is -0.460 e. The van der Waals surface area contributed by atoms with Gasteiger partial charge in [-0.15, -0.1) is 0 Å². The van der Waals surface area contributed by atoms with Gasteiger partial charge < -0.3 is 9.47 Å². The first kappa shape index (κ1) is 29.1. The van der Waals surface area contributed by atoms with E-state index in [1.54, 1.807) is 11.8 Å². The van der Waals surface area contributed by atoms with E-state index in [1.807, 2.05) is 88.4 Å². The van der Waals surface area contributed by atoms with E-state index in [2.05, 4.69) is 0 Å². The number of esters is 2. The number of thioether (sulfide) groups is 1. The average molecular weight is 519 g/mol. The molecule has 1 unspecified atom stereocenters. The molecule has 0 N–H and O–H groups in total. The van der Waals surface area contributed by atoms with E-state index in [0.29, 0.717) is 24.3 Å². The number of hydrogen-bond donors (Lipinski definition) is 0. The van der Waals surface area contributed by atoms with Gasteiger partial charge in [-0.05, 0) is 57.4 Å². The van der Waals surface area contributed by atoms with Crippen molar-refractivity contribution in [1.82, 2.24) is 0 Å². The van der Waals surface area contributed by atoms with E-state index >= 15 is 0 Å². The Kier molecular flexibility index (Phi) is 12.0. The molecule has 0 bridgehead atoms. The highest BCUT2D eigenvalue weighted by molar-refractivity contribution is 8.00. The standard InChI is InChI=1S/C28H38O5S2/c1-27(2,25(29)32-21-23-11-7-5-8-12-23)15-17-34-18-20-35(31)19-16-28(3,4)26(30)33-22-24-13-9-6-10-14-24/h5-14H,15-22H2,1-4H3. The Morgan fingerprint density at radius 3 is 1.66 bits per heavy atom. The van der Waals surface area contributed by atoms with Crippen LogP contribution in [0.15, 0.2) is 60.7 Å². The fourth-order valence-corrected chi connectivity index (χ4v) is 6.11. The van der Waals surface area contributed by atoms with Crippen molar-refractivity contribution in [2.24, 2.45) is 10.8 Å². The smallest absolute Gasteiger partial charge is 0.311 e. The summed E-state index contributed by atoms with van der Waals surface area (Å²) in [5.41, 5.74) is 0.679. The summed E-state index contributed by atoms with van der Waals surface area (Å²) < 4.78 is 23.4. The van der Waals surface area contributed by atoms with Gasteiger partial charge in [0.1, 0.15) is 13.2 Å². The number of carbonyl (C=O) groups excluding carboxylic acids is 2. The lowest BCUT2D eigenvalue weighted by Gasteiger charge is -2.23. The van der Waals surface area contributed by atoms with Crippen LogP contribution in [0.2, 0.25) is 0 Å². The van der Waals surface area contributed by atoms with Gasteiger partial charge in [-0.25, -0.2) is 0 Å². The van der Waals surface area contributed by atoms with Crippen LogP contribution in [0.1, 0.15) is 51.7 Å². The fourth-order valence-electron chi connectivity index (χ4n) is 3.09. The minimum atomic E-state index is -1.00. The molecule has 0 aliphatic heterocycles. The molecule has 0 heterocycles. The quantitative estimate of drug-likeness (QED) is 0.220. The van der Waals surface area contributed by atoms with Crippen LogP contribution in [0.4, 0.5) is 0 Å². The lowest BCUT2D eigenvalue weighted by atomic mass is 9.90. The van der Waals surface area contributed by atoms with Crippen molar-refractivity contribution < 1.29 is 23.3 Å². The van der Waals surface area contributed by atoms with Crippen LogP contribution in [0.25, 0.3) is 0 Å². The van der Waals surface area contributed by atoms with Gasteiger partial charge >= 0.3 is 11.9 Å². The summed E-state index contributed by atoms with van der Waals surface area (Å²) >= 11 is 1.69. The highest BCUT2D eigenvalue weighted by Gasteiger charge is 2.30. The largest absolute Gasteiger partial charge is 0.460 e. The van der Waals surface area contributed by atoms with E-state index in [1.165, 1.54) is 0 Å². The molecule has 1 atom stereocenters. The molecular formula is C28H38O5S2. The summed E-state index contributed by atoms with van der Waals surface area (Å²) in [6.07, 6.45) is 1.20. The second kappa shape index (κ2) is 14.4. The van der Waals surface area contributed by atoms with Crippen LogP contribution < -0.4 is 0 Å². The van der Waals surface area contributed by atoms with Crippen molar-refractivity contribution in [3.63, 3.8) is 0 Å². The molecule has 0 fully saturated rings. The lowest BCUT2D eigenvalue weighted by molar-refractivity contribution is -0.156. The Balaban J connectivity index is 1.60. The summed E-state index contributed by atoms with van der Waals surface area (Å²) in [5, 5.41) is 0. The first-order chi connectivity index (χ1) is 16.6. The summed E-state index contributed by atoms with van der Waals surface area (Å²) in [4.78, 5) is 24.9. The van der Waals surface area contributed by atoms with E-state index in [9.17, 15) is 13.8 Å². The average Bonchev–Trinajstić information content (AvgIpc) is 2.85. The predicted octanol–water partition coefficient (Wildman–Crippen LogP) is 5.79. The molecule has 0 aromatic heterocycles. The maximum absolute atomic E-state index is 12.5. The molecule has 0 radical (unpaired) electrons. The minimum absolute atomic E-state index is 0.202. The van der Waals surface area contributed by atoms with E-state index < -0.39 is 21.6 Å². The molecule has 0 amide bonds. The molecule has 0 saturated carbocycles. The van der Waals surface area contributed by atoms with Crippen molar-refractivity contribution in [3.8, 4) is 0 Å². The van der Waals surface area contributed by atoms with Crippen LogP contribution in [-0.4, -0.2) is 39.2 Å². The Bertz CT molecular complexity index is 942. The molecule has 192 valence electrons. The normalized spacial score (nSPS) is 12.7. The monoisotopic (exact) mass is 518 g/mol. The Labute approximate surface area is 216 Å². The third-order valence-electron chi connectivity index (χ3n) is 5.81. The van der Waals surface area contributed by atoms with Gasteiger partial charge in [-0.3, -0.25) is 13.8 Å². The number of hydrogen-bond acceptors (Lipinski definition) is 6. The van der Waals surface area contributed by atoms with Crippen molar-refractivity contribution in [1.29, 1.82) is 0 Å². The summed E-state index contributed by atoms with van der Waals surface area (Å²) in [6, 6.07) is 19.2. The van der Waals surface area contributed by atoms with Gasteiger partial charge in [0.15, 0.2) is 0 Å². The van der Waals surface area contributed by atoms with Crippen molar-refractivity contribution in [3.05, 3.63) is 71.8 Å². The third kappa shape index (κ3) is 11.0. The fraction of sp³-hybridized carbons (Fsp3) is 0.500. The van der Waals surface area contributed by atoms with Gasteiger partial charge in [0.2, 0.25) is 0 Å². The van der Waals surface area contributed by atoms with Gasteiger partial charge in [0.05, 0.1) is 10.8 Å². The second-order valence-corrected chi connectivity index (χ2v) is 12.8. The van der Waals surface area contributed by atoms with E-state index in [-0.39, 0.29) is 25.2 Å². The maximum Gasteiger partial charge on any atom is 0.311 e. The number of rotatable bonds is 15. The molecule has 0 aliphatic rings. The molecule has 5 nitrogen and oxygen atoms in total. The molecule has 7 heteroatoms. The molecule has 2 aromatic rings. The maximum atomic E-state index is 12.5. The molecule has 35 heavy (non-hydrogen) atoms. The zero-order chi connectivity index (χ0) is 25.7. The molecule has 2 rings (SSSR count). The topological polar surface area (TPSA) is 69.7 Å². The molecule has 0 saturated heterocycles. The van der Waals surface area contributed by atoms with Crippen LogP contribution in [0, 0.1) is 10.8 Å². The highest BCUT2D eigenvalue weighted by atomic mass is 32.2. The summed E-state index contributed by atoms with van der Waals surface area (Å²) in [6.45, 7) is 8.01. The number of benzene rings is 2. The van der Waals surface area contributed by atoms with E-state index in [4.69, 9.17) is 9.47 Å². The predicted molar refractivity (Wildman–Crippen MR) is 144 cm³/mol. The Morgan fingerprint density at radius 2 is 1.17 bits per heavy atom. The van der Waals surface area contributed by atoms with Crippen LogP contribution in [-0.2, 0) is 43.1 Å². The molecular weight excluding hydrogens is 480 g/mol. The SMILES string of the molecule is CC(C)(CCSCCS(=O)CCC(C)(C)C(=O)OCc1ccccc1)C(=O)OCc1ccccc1. The number of carbonyl (C=O) groups is 2. The van der Waals surface area contributed by atoms with Crippen molar-refractivity contribution in [2.45, 2.75) is 53.8 Å². The van der Waals surface area contributed by atoms with Crippen LogP contribution in [0.3, 0.4) is 0 Å². The lowest BCUT2D eigenvalue weighted by Crippen LogP contribution is -2.28. The van der Waals surface area contributed by atoms with Crippen LogP contribution in [0.5, 0.6) is 0 Å². The summed E-state index contributed by atoms with van der Waals surface area (Å²) in [7, 11) is -1.00. The van der Waals surface area contributed by atoms with E-state index in [0.717, 1.165) is 22.6 Å². The molecule has 0 spiro atoms.